The molecular formula is C39H46F6N12O7S3. The van der Waals surface area contributed by atoms with Crippen LogP contribution in [0, 0.1) is 22.7 Å². The molecule has 2 saturated heterocycles. The molecule has 0 bridgehead atoms. The van der Waals surface area contributed by atoms with E-state index in [1.54, 1.807) is 9.13 Å². The van der Waals surface area contributed by atoms with Crippen LogP contribution in [0.25, 0.3) is 22.1 Å². The van der Waals surface area contributed by atoms with Gasteiger partial charge in [-0.2, -0.15) is 50.5 Å². The lowest BCUT2D eigenvalue weighted by Gasteiger charge is -2.31. The molecule has 19 nitrogen and oxygen atoms in total. The van der Waals surface area contributed by atoms with Crippen molar-refractivity contribution in [2.45, 2.75) is 117 Å². The highest BCUT2D eigenvalue weighted by Gasteiger charge is 2.51. The largest absolute Gasteiger partial charge is 0.511 e. The number of alkyl halides is 6. The number of nitriles is 2. The molecule has 67 heavy (non-hydrogen) atoms. The molecule has 4 fully saturated rings. The lowest BCUT2D eigenvalue weighted by atomic mass is 10.1. The molecule has 28 heteroatoms. The molecule has 0 aromatic carbocycles. The monoisotopic (exact) mass is 1000 g/mol. The summed E-state index contributed by atoms with van der Waals surface area (Å²) in [4.78, 5) is 42.3. The van der Waals surface area contributed by atoms with E-state index in [9.17, 15) is 62.2 Å². The second-order valence-electron chi connectivity index (χ2n) is 16.4. The molecule has 4 aliphatic rings. The molecule has 0 spiro atoms. The average molecular weight is 1010 g/mol. The van der Waals surface area contributed by atoms with E-state index in [0.29, 0.717) is 30.7 Å². The van der Waals surface area contributed by atoms with Gasteiger partial charge >= 0.3 is 31.1 Å². The van der Waals surface area contributed by atoms with E-state index in [0.717, 1.165) is 51.4 Å². The van der Waals surface area contributed by atoms with Crippen molar-refractivity contribution in [3.05, 3.63) is 56.4 Å². The van der Waals surface area contributed by atoms with Gasteiger partial charge in [0.2, 0.25) is 11.1 Å². The van der Waals surface area contributed by atoms with Crippen molar-refractivity contribution >= 4 is 58.9 Å². The number of rotatable bonds is 7. The van der Waals surface area contributed by atoms with Crippen molar-refractivity contribution in [2.24, 2.45) is 5.73 Å². The van der Waals surface area contributed by atoms with Gasteiger partial charge in [-0.3, -0.25) is 22.9 Å². The number of halogens is 6. The molecule has 4 aromatic rings. The summed E-state index contributed by atoms with van der Waals surface area (Å²) in [5, 5.41) is 22.9. The molecule has 4 aromatic heterocycles. The summed E-state index contributed by atoms with van der Waals surface area (Å²) in [6, 6.07) is 6.29. The Morgan fingerprint density at radius 2 is 1.09 bits per heavy atom. The number of nitrogens with one attached hydrogen (secondary N) is 1. The molecule has 2 saturated carbocycles. The fourth-order valence-corrected chi connectivity index (χ4v) is 10.8. The Bertz CT molecular complexity index is 2930. The highest BCUT2D eigenvalue weighted by atomic mass is 32.2. The fraction of sp³-hybridized carbons (Fsp3) is 0.590. The quantitative estimate of drug-likeness (QED) is 0.193. The topological polar surface area (TPSA) is 273 Å². The zero-order valence-electron chi connectivity index (χ0n) is 35.8. The summed E-state index contributed by atoms with van der Waals surface area (Å²) < 4.78 is 135. The van der Waals surface area contributed by atoms with Crippen LogP contribution < -0.4 is 22.2 Å². The number of sulfonamides is 2. The molecule has 2 aliphatic heterocycles. The molecule has 1 atom stereocenters. The maximum atomic E-state index is 12.8. The van der Waals surface area contributed by atoms with E-state index in [1.807, 2.05) is 12.1 Å². The minimum Gasteiger partial charge on any atom is -0.351 e. The van der Waals surface area contributed by atoms with Crippen LogP contribution >= 0.6 is 0 Å². The first-order chi connectivity index (χ1) is 31.5. The Morgan fingerprint density at radius 3 is 1.49 bits per heavy atom. The lowest BCUT2D eigenvalue weighted by Crippen LogP contribution is -2.47. The summed E-state index contributed by atoms with van der Waals surface area (Å²) >= 11 is 0. The van der Waals surface area contributed by atoms with E-state index in [-0.39, 0.29) is 104 Å². The van der Waals surface area contributed by atoms with E-state index >= 15 is 0 Å². The van der Waals surface area contributed by atoms with Crippen molar-refractivity contribution in [2.75, 3.05) is 37.8 Å². The Hall–Kier alpha value is -5.13. The molecule has 8 rings (SSSR count). The van der Waals surface area contributed by atoms with Crippen LogP contribution in [0.2, 0.25) is 0 Å². The third kappa shape index (κ3) is 11.3. The van der Waals surface area contributed by atoms with Crippen molar-refractivity contribution in [3.8, 4) is 12.1 Å². The smallest absolute Gasteiger partial charge is 0.351 e. The minimum atomic E-state index is -5.34. The van der Waals surface area contributed by atoms with Crippen LogP contribution in [-0.2, 0) is 30.8 Å². The van der Waals surface area contributed by atoms with Gasteiger partial charge in [-0.25, -0.2) is 31.8 Å². The number of pyridine rings is 2. The highest BCUT2D eigenvalue weighted by molar-refractivity contribution is 7.90. The van der Waals surface area contributed by atoms with Gasteiger partial charge in [-0.15, -0.1) is 0 Å². The van der Waals surface area contributed by atoms with Crippen molar-refractivity contribution < 1.29 is 47.4 Å². The van der Waals surface area contributed by atoms with Crippen LogP contribution in [0.15, 0.2) is 39.3 Å². The molecule has 2 aliphatic carbocycles. The number of anilines is 1. The Morgan fingerprint density at radius 1 is 0.687 bits per heavy atom. The van der Waals surface area contributed by atoms with Crippen LogP contribution in [0.3, 0.4) is 0 Å². The number of aromatic nitrogens is 6. The van der Waals surface area contributed by atoms with Crippen LogP contribution in [-0.4, -0.2) is 114 Å². The first-order valence-corrected chi connectivity index (χ1v) is 25.6. The molecule has 6 heterocycles. The highest BCUT2D eigenvalue weighted by Crippen LogP contribution is 2.33. The maximum Gasteiger partial charge on any atom is 0.511 e. The number of piperidine rings is 2. The van der Waals surface area contributed by atoms with Gasteiger partial charge < -0.3 is 11.1 Å². The summed E-state index contributed by atoms with van der Waals surface area (Å²) in [6.45, 7) is -0.844. The second-order valence-corrected chi connectivity index (χ2v) is 21.5. The number of nitrogens with two attached hydrogens (primary N) is 1. The van der Waals surface area contributed by atoms with E-state index < -0.39 is 47.4 Å². The Balaban J connectivity index is 0.000000181. The normalized spacial score (nSPS) is 19.3. The van der Waals surface area contributed by atoms with Gasteiger partial charge in [-0.1, -0.05) is 25.7 Å². The van der Waals surface area contributed by atoms with Gasteiger partial charge in [0.1, 0.15) is 34.6 Å². The molecule has 0 amide bonds. The van der Waals surface area contributed by atoms with E-state index in [2.05, 4.69) is 25.3 Å². The SMILES string of the molecule is CS(=O)c1ncc2cc(C#N)c(=O)n(C3CCCC3)c2n1.N#Cc1cc2cnc(NC3CCN(S(=O)(=O)C(F)(F)F)CC3)nc2n(C2CCCC2)c1=O.NC1CCN(S(=O)(=O)C(F)(F)F)CC1. The predicted octanol–water partition coefficient (Wildman–Crippen LogP) is 4.28. The predicted molar refractivity (Wildman–Crippen MR) is 231 cm³/mol. The Kier molecular flexibility index (Phi) is 15.8. The number of fused-ring (bicyclic) bond motifs is 2. The first kappa shape index (κ1) is 51.3. The average Bonchev–Trinajstić information content (AvgIpc) is 4.02. The number of nitrogens with zero attached hydrogens (tertiary/aromatic N) is 10. The molecule has 364 valence electrons. The lowest BCUT2D eigenvalue weighted by molar-refractivity contribution is -0.0499. The molecular weight excluding hydrogens is 959 g/mol. The first-order valence-electron chi connectivity index (χ1n) is 21.1. The zero-order chi connectivity index (χ0) is 49.1. The summed E-state index contributed by atoms with van der Waals surface area (Å²) in [6.07, 6.45) is 12.9. The van der Waals surface area contributed by atoms with E-state index in [4.69, 9.17) is 11.0 Å². The Labute approximate surface area is 382 Å². The third-order valence-electron chi connectivity index (χ3n) is 12.0. The zero-order valence-corrected chi connectivity index (χ0v) is 38.3. The number of hydrogen-bond acceptors (Lipinski definition) is 15. The second kappa shape index (κ2) is 20.6. The molecule has 1 unspecified atom stereocenters. The fourth-order valence-electron chi connectivity index (χ4n) is 8.43. The maximum absolute atomic E-state index is 12.8. The van der Waals surface area contributed by atoms with Crippen LogP contribution in [0.5, 0.6) is 0 Å². The summed E-state index contributed by atoms with van der Waals surface area (Å²) in [5.74, 6) is 0.200. The van der Waals surface area contributed by atoms with Crippen molar-refractivity contribution in [3.63, 3.8) is 0 Å². The summed E-state index contributed by atoms with van der Waals surface area (Å²) in [5.41, 5.74) is -4.79. The van der Waals surface area contributed by atoms with Gasteiger partial charge in [-0.05, 0) is 63.5 Å². The van der Waals surface area contributed by atoms with Gasteiger partial charge in [0.25, 0.3) is 11.1 Å². The third-order valence-corrected chi connectivity index (χ3v) is 15.9. The van der Waals surface area contributed by atoms with Crippen molar-refractivity contribution in [1.29, 1.82) is 10.5 Å². The summed E-state index contributed by atoms with van der Waals surface area (Å²) in [7, 11) is -11.8. The van der Waals surface area contributed by atoms with Crippen LogP contribution in [0.1, 0.15) is 100 Å². The standard InChI is InChI=1S/C19H21F3N6O3S.C14H14N4O2S.C6H11F3N2O2S/c20-19(21,22)32(30,31)27-7-5-14(6-8-27)25-18-24-11-13-9-12(10-23)17(29)28(16(13)26-18)15-3-1-2-4-15;1-21(20)14-16-8-10-6-9(7-15)13(19)18(12(10)17-14)11-4-2-3-5-11;7-6(8,9)14(12,13)11-3-1-5(10)2-4-11/h9,11,14-15H,1-8H2,(H,24,25,26);6,8,11H,2-5H2,1H3;5H,1-4,10H2. The van der Waals surface area contributed by atoms with E-state index in [1.165, 1.54) is 30.8 Å². The van der Waals surface area contributed by atoms with Crippen LogP contribution in [0.4, 0.5) is 32.3 Å². The van der Waals surface area contributed by atoms with Gasteiger partial charge in [0.05, 0.1) is 10.8 Å². The van der Waals surface area contributed by atoms with Gasteiger partial charge in [0, 0.05) is 79.8 Å². The molecule has 0 radical (unpaired) electrons. The van der Waals surface area contributed by atoms with Crippen molar-refractivity contribution in [1.82, 2.24) is 37.7 Å². The number of hydrogen-bond donors (Lipinski definition) is 2. The molecule has 3 N–H and O–H groups in total. The minimum absolute atomic E-state index is 0.0203. The van der Waals surface area contributed by atoms with Gasteiger partial charge in [0.15, 0.2) is 0 Å².